The van der Waals surface area contributed by atoms with E-state index in [0.717, 1.165) is 23.3 Å². The molecule has 0 fully saturated rings. The van der Waals surface area contributed by atoms with Crippen molar-refractivity contribution in [3.05, 3.63) is 62.9 Å². The molecule has 0 saturated carbocycles. The fraction of sp³-hybridized carbons (Fsp3) is 0.222. The fourth-order valence-corrected chi connectivity index (χ4v) is 2.65. The summed E-state index contributed by atoms with van der Waals surface area (Å²) >= 11 is 11.5. The average Bonchev–Trinajstić information content (AvgIpc) is 2.54. The van der Waals surface area contributed by atoms with Crippen LogP contribution < -0.4 is 5.32 Å². The summed E-state index contributed by atoms with van der Waals surface area (Å²) in [7, 11) is 0. The molecule has 7 heteroatoms. The molecule has 0 aromatic heterocycles. The van der Waals surface area contributed by atoms with Crippen LogP contribution >= 0.6 is 23.2 Å². The van der Waals surface area contributed by atoms with E-state index in [2.05, 4.69) is 5.32 Å². The molecule has 2 aromatic rings. The lowest BCUT2D eigenvalue weighted by Crippen LogP contribution is -2.30. The topological polar surface area (TPSA) is 55.4 Å². The second kappa shape index (κ2) is 7.85. The Morgan fingerprint density at radius 1 is 1.12 bits per heavy atom. The number of benzene rings is 2. The van der Waals surface area contributed by atoms with Crippen molar-refractivity contribution in [2.45, 2.75) is 26.9 Å². The second-order valence-electron chi connectivity index (χ2n) is 5.55. The van der Waals surface area contributed by atoms with E-state index >= 15 is 0 Å². The molecule has 1 N–H and O–H groups in total. The Kier molecular flexibility index (Phi) is 6.03. The van der Waals surface area contributed by atoms with Gasteiger partial charge in [0.15, 0.2) is 6.10 Å². The minimum Gasteiger partial charge on any atom is -0.449 e. The van der Waals surface area contributed by atoms with Crippen molar-refractivity contribution < 1.29 is 18.7 Å². The molecule has 2 aromatic carbocycles. The number of carbonyl (C=O) groups is 2. The van der Waals surface area contributed by atoms with Gasteiger partial charge in [-0.2, -0.15) is 0 Å². The van der Waals surface area contributed by atoms with Crippen LogP contribution in [0.5, 0.6) is 0 Å². The van der Waals surface area contributed by atoms with Gasteiger partial charge in [-0.25, -0.2) is 9.18 Å². The number of carbonyl (C=O) groups excluding carboxylic acids is 2. The normalized spacial score (nSPS) is 11.8. The van der Waals surface area contributed by atoms with Crippen molar-refractivity contribution in [1.29, 1.82) is 0 Å². The monoisotopic (exact) mass is 383 g/mol. The van der Waals surface area contributed by atoms with Gasteiger partial charge in [-0.05, 0) is 44.0 Å². The number of anilines is 1. The van der Waals surface area contributed by atoms with Crippen LogP contribution in [-0.4, -0.2) is 18.0 Å². The van der Waals surface area contributed by atoms with Gasteiger partial charge >= 0.3 is 5.97 Å². The van der Waals surface area contributed by atoms with E-state index in [1.54, 1.807) is 0 Å². The van der Waals surface area contributed by atoms with Crippen LogP contribution in [0.25, 0.3) is 0 Å². The summed E-state index contributed by atoms with van der Waals surface area (Å²) in [6, 6.07) is 7.57. The number of para-hydroxylation sites is 1. The van der Waals surface area contributed by atoms with E-state index in [4.69, 9.17) is 27.9 Å². The number of halogens is 3. The van der Waals surface area contributed by atoms with Crippen molar-refractivity contribution in [2.24, 2.45) is 0 Å². The second-order valence-corrected chi connectivity index (χ2v) is 6.36. The maximum absolute atomic E-state index is 13.5. The molecule has 0 radical (unpaired) electrons. The van der Waals surface area contributed by atoms with Crippen molar-refractivity contribution >= 4 is 40.8 Å². The smallest absolute Gasteiger partial charge is 0.340 e. The van der Waals surface area contributed by atoms with Gasteiger partial charge in [-0.1, -0.05) is 41.4 Å². The van der Waals surface area contributed by atoms with Crippen LogP contribution in [-0.2, 0) is 9.53 Å². The maximum atomic E-state index is 13.5. The van der Waals surface area contributed by atoms with Gasteiger partial charge in [0.2, 0.25) is 0 Å². The van der Waals surface area contributed by atoms with Gasteiger partial charge < -0.3 is 10.1 Å². The predicted molar refractivity (Wildman–Crippen MR) is 95.8 cm³/mol. The highest BCUT2D eigenvalue weighted by Gasteiger charge is 2.22. The number of amides is 1. The summed E-state index contributed by atoms with van der Waals surface area (Å²) in [5.74, 6) is -2.22. The van der Waals surface area contributed by atoms with Crippen LogP contribution in [0, 0.1) is 19.7 Å². The van der Waals surface area contributed by atoms with Gasteiger partial charge in [-0.15, -0.1) is 0 Å². The Labute approximate surface area is 154 Å². The van der Waals surface area contributed by atoms with Crippen molar-refractivity contribution in [1.82, 2.24) is 0 Å². The van der Waals surface area contributed by atoms with Crippen molar-refractivity contribution in [2.75, 3.05) is 5.32 Å². The first-order valence-corrected chi connectivity index (χ1v) is 8.19. The first-order valence-electron chi connectivity index (χ1n) is 7.43. The zero-order valence-corrected chi connectivity index (χ0v) is 15.3. The molecule has 1 amide bonds. The molecule has 0 spiro atoms. The summed E-state index contributed by atoms with van der Waals surface area (Å²) in [6.07, 6.45) is -1.10. The molecular weight excluding hydrogens is 368 g/mol. The van der Waals surface area contributed by atoms with Crippen molar-refractivity contribution in [3.63, 3.8) is 0 Å². The molecule has 132 valence electrons. The van der Waals surface area contributed by atoms with Gasteiger partial charge in [0.1, 0.15) is 5.82 Å². The van der Waals surface area contributed by atoms with Crippen LogP contribution in [0.15, 0.2) is 30.3 Å². The van der Waals surface area contributed by atoms with Crippen LogP contribution in [0.4, 0.5) is 10.1 Å². The standard InChI is InChI=1S/C18H16Cl2FNO3/c1-9-5-4-6-10(2)16(9)22-17(23)11(3)25-18(24)12-7-15(21)14(20)8-13(12)19/h4-8,11H,1-3H3,(H,22,23)/t11-/m1/s1. The Balaban J connectivity index is 2.11. The lowest BCUT2D eigenvalue weighted by molar-refractivity contribution is -0.123. The minimum atomic E-state index is -1.10. The molecular formula is C18H16Cl2FNO3. The molecule has 0 aliphatic heterocycles. The molecule has 2 rings (SSSR count). The molecule has 0 bridgehead atoms. The van der Waals surface area contributed by atoms with Gasteiger partial charge in [0.05, 0.1) is 15.6 Å². The van der Waals surface area contributed by atoms with E-state index in [0.29, 0.717) is 5.69 Å². The lowest BCUT2D eigenvalue weighted by atomic mass is 10.1. The van der Waals surface area contributed by atoms with Gasteiger partial charge in [0, 0.05) is 5.69 Å². The van der Waals surface area contributed by atoms with E-state index in [1.165, 1.54) is 6.92 Å². The average molecular weight is 384 g/mol. The number of hydrogen-bond acceptors (Lipinski definition) is 3. The summed E-state index contributed by atoms with van der Waals surface area (Å²) in [4.78, 5) is 24.4. The zero-order chi connectivity index (χ0) is 18.7. The Hall–Kier alpha value is -2.11. The number of ether oxygens (including phenoxy) is 1. The summed E-state index contributed by atoms with van der Waals surface area (Å²) < 4.78 is 18.6. The molecule has 0 saturated heterocycles. The first-order chi connectivity index (χ1) is 11.7. The third-order valence-electron chi connectivity index (χ3n) is 3.61. The van der Waals surface area contributed by atoms with Gasteiger partial charge in [-0.3, -0.25) is 4.79 Å². The predicted octanol–water partition coefficient (Wildman–Crippen LogP) is 4.93. The van der Waals surface area contributed by atoms with Gasteiger partial charge in [0.25, 0.3) is 5.91 Å². The summed E-state index contributed by atoms with van der Waals surface area (Å²) in [6.45, 7) is 5.13. The molecule has 25 heavy (non-hydrogen) atoms. The van der Waals surface area contributed by atoms with E-state index in [9.17, 15) is 14.0 Å². The van der Waals surface area contributed by atoms with E-state index < -0.39 is 23.8 Å². The third kappa shape index (κ3) is 4.50. The number of hydrogen-bond donors (Lipinski definition) is 1. The van der Waals surface area contributed by atoms with Crippen molar-refractivity contribution in [3.8, 4) is 0 Å². The molecule has 0 unspecified atom stereocenters. The Bertz CT molecular complexity index is 819. The Morgan fingerprint density at radius 2 is 1.72 bits per heavy atom. The highest BCUT2D eigenvalue weighted by molar-refractivity contribution is 6.36. The molecule has 0 heterocycles. The number of aryl methyl sites for hydroxylation is 2. The van der Waals surface area contributed by atoms with E-state index in [-0.39, 0.29) is 15.6 Å². The van der Waals surface area contributed by atoms with Crippen LogP contribution in [0.1, 0.15) is 28.4 Å². The molecule has 0 aliphatic rings. The minimum absolute atomic E-state index is 0.0567. The lowest BCUT2D eigenvalue weighted by Gasteiger charge is -2.16. The van der Waals surface area contributed by atoms with Crippen LogP contribution in [0.3, 0.4) is 0 Å². The highest BCUT2D eigenvalue weighted by Crippen LogP contribution is 2.25. The number of esters is 1. The fourth-order valence-electron chi connectivity index (χ4n) is 2.19. The maximum Gasteiger partial charge on any atom is 0.340 e. The Morgan fingerprint density at radius 3 is 2.32 bits per heavy atom. The molecule has 1 atom stereocenters. The van der Waals surface area contributed by atoms with Crippen LogP contribution in [0.2, 0.25) is 10.0 Å². The largest absolute Gasteiger partial charge is 0.449 e. The molecule has 4 nitrogen and oxygen atoms in total. The summed E-state index contributed by atoms with van der Waals surface area (Å²) in [5.41, 5.74) is 2.23. The summed E-state index contributed by atoms with van der Waals surface area (Å²) in [5, 5.41) is 2.46. The van der Waals surface area contributed by atoms with E-state index in [1.807, 2.05) is 32.0 Å². The SMILES string of the molecule is Cc1cccc(C)c1NC(=O)[C@@H](C)OC(=O)c1cc(F)c(Cl)cc1Cl. The third-order valence-corrected chi connectivity index (χ3v) is 4.21. The zero-order valence-electron chi connectivity index (χ0n) is 13.8. The first kappa shape index (κ1) is 19.2. The quantitative estimate of drug-likeness (QED) is 0.601. The highest BCUT2D eigenvalue weighted by atomic mass is 35.5. The molecule has 0 aliphatic carbocycles. The number of rotatable bonds is 4. The number of nitrogens with one attached hydrogen (secondary N) is 1.